The molecule has 0 bridgehead atoms. The summed E-state index contributed by atoms with van der Waals surface area (Å²) in [5.74, 6) is 0.179. The number of ether oxygens (including phenoxy) is 1. The Balaban J connectivity index is 1.83. The van der Waals surface area contributed by atoms with Crippen LogP contribution in [0.1, 0.15) is 33.3 Å². The van der Waals surface area contributed by atoms with Crippen molar-refractivity contribution in [2.75, 3.05) is 0 Å². The SMILES string of the molecule is CC1(C)OB(c2cc(F)ccc2OCc2ccc(Cl)cc2)OC1(C)C. The summed E-state index contributed by atoms with van der Waals surface area (Å²) in [6, 6.07) is 11.8. The molecule has 132 valence electrons. The number of benzene rings is 2. The zero-order valence-corrected chi connectivity index (χ0v) is 15.6. The van der Waals surface area contributed by atoms with Crippen LogP contribution in [0, 0.1) is 5.82 Å². The normalized spacial score (nSPS) is 18.4. The van der Waals surface area contributed by atoms with E-state index in [0.29, 0.717) is 22.8 Å². The zero-order chi connectivity index (χ0) is 18.2. The van der Waals surface area contributed by atoms with Crippen LogP contribution in [0.5, 0.6) is 5.75 Å². The third-order valence-corrected chi connectivity index (χ3v) is 5.04. The van der Waals surface area contributed by atoms with Crippen LogP contribution < -0.4 is 10.2 Å². The number of halogens is 2. The van der Waals surface area contributed by atoms with Crippen LogP contribution in [-0.4, -0.2) is 18.3 Å². The van der Waals surface area contributed by atoms with E-state index < -0.39 is 18.3 Å². The predicted octanol–water partition coefficient (Wildman–Crippen LogP) is 4.36. The third-order valence-electron chi connectivity index (χ3n) is 4.79. The Morgan fingerprint density at radius 1 is 1.00 bits per heavy atom. The van der Waals surface area contributed by atoms with Crippen molar-refractivity contribution in [2.45, 2.75) is 45.5 Å². The number of rotatable bonds is 4. The molecule has 0 saturated carbocycles. The lowest BCUT2D eigenvalue weighted by Gasteiger charge is -2.32. The third kappa shape index (κ3) is 3.84. The fourth-order valence-electron chi connectivity index (χ4n) is 2.55. The second-order valence-corrected chi connectivity index (χ2v) is 7.62. The van der Waals surface area contributed by atoms with Gasteiger partial charge in [0.25, 0.3) is 0 Å². The van der Waals surface area contributed by atoms with Crippen LogP contribution in [0.25, 0.3) is 0 Å². The molecular weight excluding hydrogens is 341 g/mol. The molecule has 0 N–H and O–H groups in total. The van der Waals surface area contributed by atoms with Gasteiger partial charge in [0.1, 0.15) is 18.2 Å². The van der Waals surface area contributed by atoms with E-state index in [2.05, 4.69) is 0 Å². The average molecular weight is 363 g/mol. The maximum absolute atomic E-state index is 13.8. The molecule has 6 heteroatoms. The summed E-state index contributed by atoms with van der Waals surface area (Å²) in [5.41, 5.74) is 0.510. The summed E-state index contributed by atoms with van der Waals surface area (Å²) < 4.78 is 31.8. The van der Waals surface area contributed by atoms with Gasteiger partial charge in [0.05, 0.1) is 11.2 Å². The van der Waals surface area contributed by atoms with Crippen LogP contribution in [0.4, 0.5) is 4.39 Å². The standard InChI is InChI=1S/C19H21BClFO3/c1-18(2)19(3,4)25-20(24-18)16-11-15(22)9-10-17(16)23-12-13-5-7-14(21)8-6-13/h5-11H,12H2,1-4H3. The van der Waals surface area contributed by atoms with Crippen molar-refractivity contribution in [3.8, 4) is 5.75 Å². The predicted molar refractivity (Wildman–Crippen MR) is 97.9 cm³/mol. The van der Waals surface area contributed by atoms with E-state index in [0.717, 1.165) is 5.56 Å². The van der Waals surface area contributed by atoms with Gasteiger partial charge in [0.2, 0.25) is 0 Å². The van der Waals surface area contributed by atoms with E-state index in [1.807, 2.05) is 39.8 Å². The number of hydrogen-bond donors (Lipinski definition) is 0. The minimum atomic E-state index is -0.680. The summed E-state index contributed by atoms with van der Waals surface area (Å²) in [6.45, 7) is 8.18. The van der Waals surface area contributed by atoms with E-state index in [1.165, 1.54) is 12.1 Å². The maximum atomic E-state index is 13.8. The molecule has 1 fully saturated rings. The second-order valence-electron chi connectivity index (χ2n) is 7.19. The average Bonchev–Trinajstić information content (AvgIpc) is 2.75. The molecule has 2 aromatic carbocycles. The van der Waals surface area contributed by atoms with Gasteiger partial charge in [0, 0.05) is 10.5 Å². The van der Waals surface area contributed by atoms with Gasteiger partial charge in [-0.1, -0.05) is 23.7 Å². The van der Waals surface area contributed by atoms with Crippen molar-refractivity contribution in [3.63, 3.8) is 0 Å². The summed E-state index contributed by atoms with van der Waals surface area (Å²) in [4.78, 5) is 0. The second kappa shape index (κ2) is 6.63. The molecule has 1 saturated heterocycles. The maximum Gasteiger partial charge on any atom is 0.498 e. The van der Waals surface area contributed by atoms with Crippen LogP contribution in [0.2, 0.25) is 5.02 Å². The Morgan fingerprint density at radius 3 is 2.20 bits per heavy atom. The quantitative estimate of drug-likeness (QED) is 0.757. The van der Waals surface area contributed by atoms with Crippen molar-refractivity contribution < 1.29 is 18.4 Å². The molecule has 0 atom stereocenters. The van der Waals surface area contributed by atoms with Gasteiger partial charge in [-0.05, 0) is 63.6 Å². The van der Waals surface area contributed by atoms with Gasteiger partial charge >= 0.3 is 7.12 Å². The highest BCUT2D eigenvalue weighted by molar-refractivity contribution is 6.63. The van der Waals surface area contributed by atoms with Crippen LogP contribution in [0.15, 0.2) is 42.5 Å². The van der Waals surface area contributed by atoms with E-state index >= 15 is 0 Å². The van der Waals surface area contributed by atoms with Crippen LogP contribution in [-0.2, 0) is 15.9 Å². The molecule has 0 radical (unpaired) electrons. The van der Waals surface area contributed by atoms with Gasteiger partial charge in [-0.25, -0.2) is 4.39 Å². The first-order chi connectivity index (χ1) is 11.7. The van der Waals surface area contributed by atoms with Crippen molar-refractivity contribution in [1.29, 1.82) is 0 Å². The van der Waals surface area contributed by atoms with Crippen molar-refractivity contribution in [1.82, 2.24) is 0 Å². The minimum Gasteiger partial charge on any atom is -0.489 e. The summed E-state index contributed by atoms with van der Waals surface area (Å²) >= 11 is 5.90. The molecule has 0 aliphatic carbocycles. The monoisotopic (exact) mass is 362 g/mol. The molecule has 0 amide bonds. The lowest BCUT2D eigenvalue weighted by Crippen LogP contribution is -2.41. The molecule has 0 spiro atoms. The molecule has 0 aromatic heterocycles. The van der Waals surface area contributed by atoms with Gasteiger partial charge in [0.15, 0.2) is 0 Å². The van der Waals surface area contributed by atoms with E-state index in [-0.39, 0.29) is 5.82 Å². The fraction of sp³-hybridized carbons (Fsp3) is 0.368. The Kier molecular flexibility index (Phi) is 4.84. The first-order valence-electron chi connectivity index (χ1n) is 8.20. The van der Waals surface area contributed by atoms with Crippen molar-refractivity contribution in [2.24, 2.45) is 0 Å². The first-order valence-corrected chi connectivity index (χ1v) is 8.58. The van der Waals surface area contributed by atoms with Crippen molar-refractivity contribution >= 4 is 24.2 Å². The largest absolute Gasteiger partial charge is 0.498 e. The molecule has 2 aromatic rings. The van der Waals surface area contributed by atoms with Crippen LogP contribution in [0.3, 0.4) is 0 Å². The van der Waals surface area contributed by atoms with E-state index in [9.17, 15) is 4.39 Å². The van der Waals surface area contributed by atoms with Crippen molar-refractivity contribution in [3.05, 3.63) is 58.9 Å². The molecule has 0 unspecified atom stereocenters. The van der Waals surface area contributed by atoms with Gasteiger partial charge in [-0.2, -0.15) is 0 Å². The molecule has 1 heterocycles. The Bertz CT molecular complexity index is 746. The number of hydrogen-bond acceptors (Lipinski definition) is 3. The molecule has 1 aliphatic heterocycles. The lowest BCUT2D eigenvalue weighted by molar-refractivity contribution is 0.00578. The molecular formula is C19H21BClFO3. The Hall–Kier alpha value is -1.56. The van der Waals surface area contributed by atoms with Gasteiger partial charge in [-0.15, -0.1) is 0 Å². The van der Waals surface area contributed by atoms with Gasteiger partial charge < -0.3 is 14.0 Å². The highest BCUT2D eigenvalue weighted by Crippen LogP contribution is 2.37. The van der Waals surface area contributed by atoms with E-state index in [4.69, 9.17) is 25.6 Å². The summed E-state index contributed by atoms with van der Waals surface area (Å²) in [7, 11) is -0.680. The van der Waals surface area contributed by atoms with E-state index in [1.54, 1.807) is 18.2 Å². The first kappa shape index (κ1) is 18.2. The zero-order valence-electron chi connectivity index (χ0n) is 14.8. The Labute approximate surface area is 153 Å². The summed E-state index contributed by atoms with van der Waals surface area (Å²) in [6.07, 6.45) is 0. The minimum absolute atomic E-state index is 0.343. The highest BCUT2D eigenvalue weighted by atomic mass is 35.5. The topological polar surface area (TPSA) is 27.7 Å². The fourth-order valence-corrected chi connectivity index (χ4v) is 2.67. The smallest absolute Gasteiger partial charge is 0.489 e. The van der Waals surface area contributed by atoms with Gasteiger partial charge in [-0.3, -0.25) is 0 Å². The molecule has 3 rings (SSSR count). The highest BCUT2D eigenvalue weighted by Gasteiger charge is 2.52. The summed E-state index contributed by atoms with van der Waals surface area (Å²) in [5, 5.41) is 0.670. The van der Waals surface area contributed by atoms with Crippen LogP contribution >= 0.6 is 11.6 Å². The Morgan fingerprint density at radius 2 is 1.60 bits per heavy atom. The molecule has 1 aliphatic rings. The lowest BCUT2D eigenvalue weighted by atomic mass is 9.78. The molecule has 25 heavy (non-hydrogen) atoms. The molecule has 3 nitrogen and oxygen atoms in total.